The van der Waals surface area contributed by atoms with Crippen LogP contribution < -0.4 is 28.7 Å². The molecule has 5 aliphatic rings. The molecule has 442 valence electrons. The van der Waals surface area contributed by atoms with Crippen LogP contribution in [-0.2, 0) is 19.5 Å². The molecule has 87 heavy (non-hydrogen) atoms. The van der Waals surface area contributed by atoms with Gasteiger partial charge >= 0.3 is 6.47 Å². The normalized spacial score (nSPS) is 12.7. The van der Waals surface area contributed by atoms with E-state index in [2.05, 4.69) is 46.3 Å². The number of anilines is 3. The Labute approximate surface area is 508 Å². The quantitative estimate of drug-likeness (QED) is 0.00857. The summed E-state index contributed by atoms with van der Waals surface area (Å²) in [5, 5.41) is 13.4. The average Bonchev–Trinajstić information content (AvgIpc) is 1.71. The summed E-state index contributed by atoms with van der Waals surface area (Å²) in [5.41, 5.74) is 35.8. The fraction of sp³-hybridized carbons (Fsp3) is 0.102. The number of Topliss-reactive ketones (excluding diaryl/α,β-unsaturated/α-hetero) is 4. The highest BCUT2D eigenvalue weighted by atomic mass is 32.2. The Bertz CT molecular complexity index is 4270. The highest BCUT2D eigenvalue weighted by Gasteiger charge is 2.37. The number of thioether (sulfide) groups is 3. The van der Waals surface area contributed by atoms with Crippen LogP contribution in [0.15, 0.2) is 141 Å². The number of allylic oxidation sites excluding steroid dienone is 1. The van der Waals surface area contributed by atoms with Crippen LogP contribution in [-0.4, -0.2) is 122 Å². The lowest BCUT2D eigenvalue weighted by Gasteiger charge is -2.05. The largest absolute Gasteiger partial charge is 0.370 e. The SMILES string of the molecule is CS(=O)(=O)c1nc(N)nc2c1C(=O)c1ccccc1-2.CSC(SC)=C1C(=O)c2ccccc2C1=O.CSc1nc(N)nc2c1C(=O)c1ccccc1-2.Cc1nc(N)nc2c1C(=O)c1ccccc1-2.N=C(N)N.O=C1CC(=O)c2ccccc21.O=COO. The van der Waals surface area contributed by atoms with E-state index in [1.807, 2.05) is 55.2 Å². The number of rotatable bonds is 5. The zero-order chi connectivity index (χ0) is 63.6. The van der Waals surface area contributed by atoms with E-state index in [0.29, 0.717) is 83.3 Å². The minimum atomic E-state index is -3.65. The molecule has 0 spiro atoms. The van der Waals surface area contributed by atoms with Crippen LogP contribution in [0.2, 0.25) is 0 Å². The van der Waals surface area contributed by atoms with Gasteiger partial charge in [-0.2, -0.15) is 0 Å². The lowest BCUT2D eigenvalue weighted by atomic mass is 10.1. The maximum atomic E-state index is 12.3. The molecule has 3 heterocycles. The molecule has 12 N–H and O–H groups in total. The standard InChI is InChI=1S/C12H9N3O3S.C12H9N3OS.C12H9N3O.C12H10O2S2.C9H6O2.CH5N3.CH2O3/c1-19(17,18)11-8-9(14-12(13)15-11)6-4-2-3-5-7(6)10(8)16;1-17-11-8-9(14-12(13)15-11)6-4-2-3-5-7(6)10(8)16;1-6-9-10(15-12(13)14-6)7-4-2-3-5-8(7)11(9)16;1-15-12(16-2)9-10(13)7-5-3-4-6-8(7)11(9)14;10-8-5-9(11)7-4-2-1-3-6(7)8;2-1(3)4;2-1-4-3/h2-5H,1H3,(H2,13,14,15);2-5H,1H3,(H2,13,14,15);2-5H,1H3,(H2,13,14,15);3-6H,1-2H3;1-4H,5H2;(H5,2,3,4);1,3H. The summed E-state index contributed by atoms with van der Waals surface area (Å²) in [5.74, 6) is -0.870. The minimum Gasteiger partial charge on any atom is -0.370 e. The van der Waals surface area contributed by atoms with Gasteiger partial charge in [0.15, 0.2) is 61.3 Å². The van der Waals surface area contributed by atoms with Crippen molar-refractivity contribution >= 4 is 116 Å². The zero-order valence-corrected chi connectivity index (χ0v) is 49.7. The van der Waals surface area contributed by atoms with Gasteiger partial charge in [0.1, 0.15) is 5.03 Å². The van der Waals surface area contributed by atoms with Crippen molar-refractivity contribution < 1.29 is 56.9 Å². The van der Waals surface area contributed by atoms with Crippen LogP contribution in [0.1, 0.15) is 101 Å². The van der Waals surface area contributed by atoms with Gasteiger partial charge in [-0.05, 0) is 25.7 Å². The third-order valence-corrected chi connectivity index (χ3v) is 16.6. The highest BCUT2D eigenvalue weighted by Crippen LogP contribution is 2.41. The van der Waals surface area contributed by atoms with Gasteiger partial charge in [0.05, 0.1) is 55.7 Å². The highest BCUT2D eigenvalue weighted by molar-refractivity contribution is 8.21. The first kappa shape index (κ1) is 64.4. The molecule has 0 atom stereocenters. The van der Waals surface area contributed by atoms with Gasteiger partial charge in [-0.15, -0.1) is 35.3 Å². The molecule has 8 aromatic rings. The molecule has 3 aromatic heterocycles. The number of sulfone groups is 1. The summed E-state index contributed by atoms with van der Waals surface area (Å²) < 4.78 is 24.3. The van der Waals surface area contributed by atoms with Gasteiger partial charge < -0.3 is 33.6 Å². The summed E-state index contributed by atoms with van der Waals surface area (Å²) in [6, 6.07) is 35.5. The Morgan fingerprint density at radius 1 is 0.517 bits per heavy atom. The number of fused-ring (bicyclic) bond motifs is 11. The minimum absolute atomic E-state index is 0.0110. The van der Waals surface area contributed by atoms with E-state index in [4.69, 9.17) is 32.7 Å². The fourth-order valence-electron chi connectivity index (χ4n) is 9.29. The Kier molecular flexibility index (Phi) is 20.5. The van der Waals surface area contributed by atoms with Crippen LogP contribution in [0.4, 0.5) is 17.8 Å². The van der Waals surface area contributed by atoms with Gasteiger partial charge in [-0.1, -0.05) is 121 Å². The van der Waals surface area contributed by atoms with Crippen LogP contribution in [0.25, 0.3) is 33.8 Å². The number of benzene rings is 5. The van der Waals surface area contributed by atoms with Crippen LogP contribution in [0, 0.1) is 12.3 Å². The molecule has 0 fully saturated rings. The number of carbonyl (C=O) groups excluding carboxylic acids is 8. The number of nitrogens with two attached hydrogens (primary N) is 5. The van der Waals surface area contributed by atoms with Crippen molar-refractivity contribution in [2.45, 2.75) is 23.4 Å². The molecule has 13 rings (SSSR count). The predicted molar refractivity (Wildman–Crippen MR) is 330 cm³/mol. The average molecular weight is 1250 g/mol. The maximum Gasteiger partial charge on any atom is 0.330 e. The lowest BCUT2D eigenvalue weighted by Crippen LogP contribution is -2.20. The number of aromatic nitrogens is 6. The first-order chi connectivity index (χ1) is 41.4. The van der Waals surface area contributed by atoms with Gasteiger partial charge in [-0.25, -0.2) is 43.6 Å². The van der Waals surface area contributed by atoms with E-state index in [0.717, 1.165) is 21.6 Å². The summed E-state index contributed by atoms with van der Waals surface area (Å²) in [4.78, 5) is 119. The van der Waals surface area contributed by atoms with Crippen molar-refractivity contribution in [1.82, 2.24) is 29.9 Å². The zero-order valence-electron chi connectivity index (χ0n) is 46.5. The number of nitrogens with zero attached hydrogens (tertiary/aromatic N) is 6. The molecule has 0 radical (unpaired) electrons. The van der Waals surface area contributed by atoms with E-state index >= 15 is 0 Å². The van der Waals surface area contributed by atoms with Crippen LogP contribution >= 0.6 is 35.3 Å². The number of guanidine groups is 1. The smallest absolute Gasteiger partial charge is 0.330 e. The summed E-state index contributed by atoms with van der Waals surface area (Å²) in [6.07, 6.45) is 6.67. The molecular formula is C59H50N12O12S4. The van der Waals surface area contributed by atoms with Gasteiger partial charge in [0.25, 0.3) is 0 Å². The number of aryl methyl sites for hydroxylation is 1. The Balaban J connectivity index is 0.000000152. The number of hydrogen-bond donors (Lipinski definition) is 7. The summed E-state index contributed by atoms with van der Waals surface area (Å²) in [6.45, 7) is 1.71. The molecule has 28 heteroatoms. The van der Waals surface area contributed by atoms with Crippen LogP contribution in [0.5, 0.6) is 0 Å². The Hall–Kier alpha value is -10.1. The topological polar surface area (TPSA) is 431 Å². The molecule has 0 bridgehead atoms. The van der Waals surface area contributed by atoms with Gasteiger partial charge in [-0.3, -0.25) is 43.8 Å². The Morgan fingerprint density at radius 2 is 0.828 bits per heavy atom. The summed E-state index contributed by atoms with van der Waals surface area (Å²) >= 11 is 4.30. The summed E-state index contributed by atoms with van der Waals surface area (Å²) in [7, 11) is -3.65. The van der Waals surface area contributed by atoms with Crippen molar-refractivity contribution in [2.24, 2.45) is 11.5 Å². The molecule has 0 saturated heterocycles. The van der Waals surface area contributed by atoms with Crippen molar-refractivity contribution in [2.75, 3.05) is 42.2 Å². The first-order valence-electron chi connectivity index (χ1n) is 25.1. The van der Waals surface area contributed by atoms with E-state index in [1.165, 1.54) is 35.3 Å². The van der Waals surface area contributed by atoms with E-state index in [1.54, 1.807) is 91.9 Å². The third kappa shape index (κ3) is 13.7. The van der Waals surface area contributed by atoms with Crippen LogP contribution in [0.3, 0.4) is 0 Å². The molecule has 0 unspecified atom stereocenters. The van der Waals surface area contributed by atoms with E-state index < -0.39 is 9.84 Å². The molecule has 5 aromatic carbocycles. The third-order valence-electron chi connectivity index (χ3n) is 12.7. The number of nitrogens with one attached hydrogen (secondary N) is 1. The molecular weight excluding hydrogens is 1200 g/mol. The molecule has 24 nitrogen and oxygen atoms in total. The molecule has 0 amide bonds. The van der Waals surface area contributed by atoms with Gasteiger partial charge in [0, 0.05) is 61.9 Å². The molecule has 0 aliphatic heterocycles. The van der Waals surface area contributed by atoms with Gasteiger partial charge in [0.2, 0.25) is 17.8 Å². The second kappa shape index (κ2) is 27.7. The second-order valence-corrected chi connectivity index (χ2v) is 22.8. The molecule has 0 saturated carbocycles. The maximum absolute atomic E-state index is 12.3. The lowest BCUT2D eigenvalue weighted by molar-refractivity contribution is -0.217. The second-order valence-electron chi connectivity index (χ2n) is 18.2. The number of hydrogen-bond acceptors (Lipinski definition) is 25. The van der Waals surface area contributed by atoms with Crippen molar-refractivity contribution in [3.63, 3.8) is 0 Å². The number of nitrogen functional groups attached to an aromatic ring is 3. The fourth-order valence-corrected chi connectivity index (χ4v) is 12.1. The van der Waals surface area contributed by atoms with Crippen molar-refractivity contribution in [3.8, 4) is 33.8 Å². The molecule has 5 aliphatic carbocycles. The van der Waals surface area contributed by atoms with Crippen molar-refractivity contribution in [3.05, 3.63) is 192 Å². The Morgan fingerprint density at radius 3 is 1.20 bits per heavy atom. The first-order valence-corrected chi connectivity index (χ1v) is 30.7. The number of carbonyl (C=O) groups is 8. The monoisotopic (exact) mass is 1250 g/mol. The van der Waals surface area contributed by atoms with E-state index in [-0.39, 0.29) is 93.5 Å². The predicted octanol–water partition coefficient (Wildman–Crippen LogP) is 7.17. The van der Waals surface area contributed by atoms with Crippen molar-refractivity contribution in [1.29, 1.82) is 5.41 Å². The van der Waals surface area contributed by atoms with E-state index in [9.17, 15) is 42.0 Å². The number of ketones is 7.